The molecule has 4 aromatic rings. The van der Waals surface area contributed by atoms with Gasteiger partial charge < -0.3 is 8.97 Å². The molecule has 0 saturated heterocycles. The number of aryl methyl sites for hydroxylation is 1. The minimum atomic E-state index is -2.47. The molecule has 5 nitrogen and oxygen atoms in total. The number of fused-ring (bicyclic) bond motifs is 1. The third-order valence-electron chi connectivity index (χ3n) is 3.97. The monoisotopic (exact) mass is 339 g/mol. The smallest absolute Gasteiger partial charge is 0.256 e. The molecule has 0 aliphatic heterocycles. The Morgan fingerprint density at radius 2 is 2.00 bits per heavy atom. The molecule has 0 bridgehead atoms. The van der Waals surface area contributed by atoms with Gasteiger partial charge in [-0.25, -0.2) is 18.7 Å². The number of nitrogens with zero attached hydrogens (tertiary/aromatic N) is 5. The lowest BCUT2D eigenvalue weighted by Gasteiger charge is -2.11. The van der Waals surface area contributed by atoms with E-state index in [0.29, 0.717) is 17.1 Å². The standard InChI is InChI=1S/C18H15F2N5/c1-12-3-2-4-14(23-12)17-18(25(11-22-17)10-15(19)20)13-5-6-16-21-7-8-24(16)9-13/h2-9,11,15H,10H2,1H3. The van der Waals surface area contributed by atoms with Crippen LogP contribution in [-0.2, 0) is 6.54 Å². The van der Waals surface area contributed by atoms with Crippen LogP contribution in [0, 0.1) is 6.92 Å². The zero-order valence-electron chi connectivity index (χ0n) is 13.5. The van der Waals surface area contributed by atoms with Gasteiger partial charge in [0.2, 0.25) is 0 Å². The molecule has 0 amide bonds. The molecule has 126 valence electrons. The van der Waals surface area contributed by atoms with Crippen molar-refractivity contribution in [1.29, 1.82) is 0 Å². The fourth-order valence-electron chi connectivity index (χ4n) is 2.89. The molecule has 0 aromatic carbocycles. The molecule has 0 fully saturated rings. The van der Waals surface area contributed by atoms with Gasteiger partial charge in [0.15, 0.2) is 0 Å². The molecule has 4 aromatic heterocycles. The molecule has 4 rings (SSSR count). The average molecular weight is 339 g/mol. The van der Waals surface area contributed by atoms with Gasteiger partial charge in [0.05, 0.1) is 24.3 Å². The quantitative estimate of drug-likeness (QED) is 0.568. The largest absolute Gasteiger partial charge is 0.324 e. The first-order chi connectivity index (χ1) is 12.1. The summed E-state index contributed by atoms with van der Waals surface area (Å²) in [6.45, 7) is 1.47. The molecular weight excluding hydrogens is 324 g/mol. The first-order valence-corrected chi connectivity index (χ1v) is 7.82. The van der Waals surface area contributed by atoms with E-state index in [1.807, 2.05) is 54.0 Å². The highest BCUT2D eigenvalue weighted by Gasteiger charge is 2.18. The SMILES string of the molecule is Cc1cccc(-c2ncn(CC(F)F)c2-c2ccc3nccn3c2)n1. The van der Waals surface area contributed by atoms with E-state index in [1.165, 1.54) is 10.9 Å². The summed E-state index contributed by atoms with van der Waals surface area (Å²) in [7, 11) is 0. The summed E-state index contributed by atoms with van der Waals surface area (Å²) in [5.74, 6) is 0. The van der Waals surface area contributed by atoms with Crippen LogP contribution in [0.1, 0.15) is 5.69 Å². The van der Waals surface area contributed by atoms with Gasteiger partial charge in [0, 0.05) is 29.8 Å². The maximum atomic E-state index is 13.0. The highest BCUT2D eigenvalue weighted by atomic mass is 19.3. The van der Waals surface area contributed by atoms with E-state index < -0.39 is 13.0 Å². The summed E-state index contributed by atoms with van der Waals surface area (Å²) < 4.78 is 29.4. The first kappa shape index (κ1) is 15.4. The molecular formula is C18H15F2N5. The van der Waals surface area contributed by atoms with Gasteiger partial charge in [-0.1, -0.05) is 6.07 Å². The molecule has 25 heavy (non-hydrogen) atoms. The van der Waals surface area contributed by atoms with Crippen molar-refractivity contribution in [1.82, 2.24) is 23.9 Å². The Balaban J connectivity index is 1.92. The summed E-state index contributed by atoms with van der Waals surface area (Å²) in [6, 6.07) is 9.31. The first-order valence-electron chi connectivity index (χ1n) is 7.82. The summed E-state index contributed by atoms with van der Waals surface area (Å²) in [4.78, 5) is 13.1. The van der Waals surface area contributed by atoms with Gasteiger partial charge in [0.1, 0.15) is 11.3 Å². The summed E-state index contributed by atoms with van der Waals surface area (Å²) >= 11 is 0. The van der Waals surface area contributed by atoms with Gasteiger partial charge in [-0.3, -0.25) is 4.98 Å². The van der Waals surface area contributed by atoms with Crippen molar-refractivity contribution in [2.75, 3.05) is 0 Å². The van der Waals surface area contributed by atoms with Crippen LogP contribution in [-0.4, -0.2) is 30.3 Å². The van der Waals surface area contributed by atoms with E-state index >= 15 is 0 Å². The molecule has 7 heteroatoms. The van der Waals surface area contributed by atoms with Crippen molar-refractivity contribution in [3.8, 4) is 22.6 Å². The van der Waals surface area contributed by atoms with Crippen molar-refractivity contribution in [2.24, 2.45) is 0 Å². The van der Waals surface area contributed by atoms with Gasteiger partial charge in [-0.15, -0.1) is 0 Å². The minimum absolute atomic E-state index is 0.421. The van der Waals surface area contributed by atoms with Crippen molar-refractivity contribution in [3.63, 3.8) is 0 Å². The molecule has 0 spiro atoms. The Morgan fingerprint density at radius 1 is 1.12 bits per heavy atom. The maximum Gasteiger partial charge on any atom is 0.256 e. The highest BCUT2D eigenvalue weighted by Crippen LogP contribution is 2.31. The lowest BCUT2D eigenvalue weighted by atomic mass is 10.1. The predicted octanol–water partition coefficient (Wildman–Crippen LogP) is 3.83. The topological polar surface area (TPSA) is 48.0 Å². The van der Waals surface area contributed by atoms with E-state index in [9.17, 15) is 8.78 Å². The number of pyridine rings is 2. The third kappa shape index (κ3) is 2.88. The second kappa shape index (κ2) is 6.08. The summed E-state index contributed by atoms with van der Waals surface area (Å²) in [6.07, 6.45) is 4.35. The number of hydrogen-bond donors (Lipinski definition) is 0. The minimum Gasteiger partial charge on any atom is -0.324 e. The fraction of sp³-hybridized carbons (Fsp3) is 0.167. The Kier molecular flexibility index (Phi) is 3.76. The normalized spacial score (nSPS) is 11.5. The Morgan fingerprint density at radius 3 is 2.80 bits per heavy atom. The zero-order valence-corrected chi connectivity index (χ0v) is 13.5. The number of aromatic nitrogens is 5. The Hall–Kier alpha value is -3.09. The molecule has 0 unspecified atom stereocenters. The molecule has 0 radical (unpaired) electrons. The highest BCUT2D eigenvalue weighted by molar-refractivity contribution is 5.77. The number of alkyl halides is 2. The van der Waals surface area contributed by atoms with Crippen LogP contribution in [0.4, 0.5) is 8.78 Å². The van der Waals surface area contributed by atoms with E-state index in [2.05, 4.69) is 15.0 Å². The number of halogens is 2. The van der Waals surface area contributed by atoms with E-state index in [1.54, 1.807) is 6.20 Å². The Labute approximate surface area is 142 Å². The van der Waals surface area contributed by atoms with Crippen LogP contribution in [0.25, 0.3) is 28.3 Å². The molecule has 0 aliphatic rings. The average Bonchev–Trinajstić information content (AvgIpc) is 3.20. The molecule has 0 aliphatic carbocycles. The van der Waals surface area contributed by atoms with Crippen LogP contribution in [0.15, 0.2) is 55.2 Å². The van der Waals surface area contributed by atoms with Crippen LogP contribution in [0.5, 0.6) is 0 Å². The van der Waals surface area contributed by atoms with Crippen LogP contribution in [0.2, 0.25) is 0 Å². The molecule has 0 N–H and O–H groups in total. The second-order valence-corrected chi connectivity index (χ2v) is 5.76. The van der Waals surface area contributed by atoms with Crippen molar-refractivity contribution in [2.45, 2.75) is 19.9 Å². The van der Waals surface area contributed by atoms with Crippen molar-refractivity contribution < 1.29 is 8.78 Å². The van der Waals surface area contributed by atoms with E-state index in [-0.39, 0.29) is 0 Å². The van der Waals surface area contributed by atoms with Crippen LogP contribution in [0.3, 0.4) is 0 Å². The lowest BCUT2D eigenvalue weighted by molar-refractivity contribution is 0.127. The fourth-order valence-corrected chi connectivity index (χ4v) is 2.89. The number of hydrogen-bond acceptors (Lipinski definition) is 3. The van der Waals surface area contributed by atoms with Gasteiger partial charge >= 0.3 is 0 Å². The maximum absolute atomic E-state index is 13.0. The second-order valence-electron chi connectivity index (χ2n) is 5.76. The van der Waals surface area contributed by atoms with Gasteiger partial charge in [0.25, 0.3) is 6.43 Å². The number of rotatable bonds is 4. The summed E-state index contributed by atoms with van der Waals surface area (Å²) in [5, 5.41) is 0. The molecule has 0 atom stereocenters. The van der Waals surface area contributed by atoms with Gasteiger partial charge in [-0.2, -0.15) is 0 Å². The Bertz CT molecular complexity index is 1030. The van der Waals surface area contributed by atoms with Crippen molar-refractivity contribution in [3.05, 3.63) is 60.9 Å². The van der Waals surface area contributed by atoms with Crippen molar-refractivity contribution >= 4 is 5.65 Å². The van der Waals surface area contributed by atoms with Crippen LogP contribution < -0.4 is 0 Å². The lowest BCUT2D eigenvalue weighted by Crippen LogP contribution is -2.07. The summed E-state index contributed by atoms with van der Waals surface area (Å²) in [5.41, 5.74) is 4.28. The predicted molar refractivity (Wildman–Crippen MR) is 90.4 cm³/mol. The molecule has 0 saturated carbocycles. The number of imidazole rings is 2. The van der Waals surface area contributed by atoms with E-state index in [4.69, 9.17) is 0 Å². The zero-order chi connectivity index (χ0) is 17.4. The molecule has 4 heterocycles. The van der Waals surface area contributed by atoms with Crippen LogP contribution >= 0.6 is 0 Å². The van der Waals surface area contributed by atoms with E-state index in [0.717, 1.165) is 16.9 Å². The third-order valence-corrected chi connectivity index (χ3v) is 3.97. The van der Waals surface area contributed by atoms with Gasteiger partial charge in [-0.05, 0) is 31.2 Å².